The third kappa shape index (κ3) is 3.13. The number of hydrogen-bond acceptors (Lipinski definition) is 6. The molecule has 0 aromatic carbocycles. The zero-order valence-corrected chi connectivity index (χ0v) is 14.4. The van der Waals surface area contributed by atoms with Crippen molar-refractivity contribution in [1.82, 2.24) is 19.9 Å². The molecular formula is C17H21N5OS. The SMILES string of the molecule is O=C(c1cscn1)N1CC[C@@H](C2CCN(c3ncccn3)CC2)C1. The molecule has 1 amide bonds. The number of nitrogens with zero attached hydrogens (tertiary/aromatic N) is 5. The quantitative estimate of drug-likeness (QED) is 0.856. The second-order valence-corrected chi connectivity index (χ2v) is 7.27. The minimum atomic E-state index is 0.0915. The summed E-state index contributed by atoms with van der Waals surface area (Å²) in [6.07, 6.45) is 7.02. The maximum atomic E-state index is 12.4. The summed E-state index contributed by atoms with van der Waals surface area (Å²) < 4.78 is 0. The Morgan fingerprint density at radius 2 is 1.79 bits per heavy atom. The van der Waals surface area contributed by atoms with Gasteiger partial charge in [0.2, 0.25) is 5.95 Å². The predicted octanol–water partition coefficient (Wildman–Crippen LogP) is 2.31. The molecule has 4 heterocycles. The number of carbonyl (C=O) groups is 1. The van der Waals surface area contributed by atoms with Crippen LogP contribution in [-0.2, 0) is 0 Å². The number of anilines is 1. The molecule has 7 heteroatoms. The van der Waals surface area contributed by atoms with Crippen molar-refractivity contribution in [2.45, 2.75) is 19.3 Å². The first-order chi connectivity index (χ1) is 11.8. The molecule has 24 heavy (non-hydrogen) atoms. The van der Waals surface area contributed by atoms with Gasteiger partial charge in [-0.2, -0.15) is 0 Å². The van der Waals surface area contributed by atoms with Gasteiger partial charge in [0, 0.05) is 44.0 Å². The van der Waals surface area contributed by atoms with Gasteiger partial charge in [-0.15, -0.1) is 11.3 Å². The number of amides is 1. The summed E-state index contributed by atoms with van der Waals surface area (Å²) in [6.45, 7) is 3.75. The predicted molar refractivity (Wildman–Crippen MR) is 93.1 cm³/mol. The Labute approximate surface area is 145 Å². The average molecular weight is 343 g/mol. The highest BCUT2D eigenvalue weighted by molar-refractivity contribution is 7.07. The Morgan fingerprint density at radius 3 is 2.50 bits per heavy atom. The third-order valence-corrected chi connectivity index (χ3v) is 5.79. The molecule has 0 bridgehead atoms. The van der Waals surface area contributed by atoms with Gasteiger partial charge < -0.3 is 9.80 Å². The first kappa shape index (κ1) is 15.5. The molecule has 2 aromatic rings. The van der Waals surface area contributed by atoms with Crippen LogP contribution in [0.5, 0.6) is 0 Å². The van der Waals surface area contributed by atoms with Crippen LogP contribution >= 0.6 is 11.3 Å². The van der Waals surface area contributed by atoms with Crippen LogP contribution in [0.2, 0.25) is 0 Å². The minimum absolute atomic E-state index is 0.0915. The smallest absolute Gasteiger partial charge is 0.273 e. The van der Waals surface area contributed by atoms with E-state index in [1.807, 2.05) is 16.3 Å². The van der Waals surface area contributed by atoms with E-state index in [1.165, 1.54) is 11.3 Å². The first-order valence-electron chi connectivity index (χ1n) is 8.50. The van der Waals surface area contributed by atoms with E-state index in [2.05, 4.69) is 19.9 Å². The van der Waals surface area contributed by atoms with Gasteiger partial charge in [-0.05, 0) is 37.2 Å². The topological polar surface area (TPSA) is 62.2 Å². The zero-order chi connectivity index (χ0) is 16.4. The molecule has 126 valence electrons. The number of likely N-dealkylation sites (tertiary alicyclic amines) is 1. The van der Waals surface area contributed by atoms with E-state index in [9.17, 15) is 4.79 Å². The number of thiazole rings is 1. The monoisotopic (exact) mass is 343 g/mol. The zero-order valence-electron chi connectivity index (χ0n) is 13.5. The van der Waals surface area contributed by atoms with Gasteiger partial charge >= 0.3 is 0 Å². The summed E-state index contributed by atoms with van der Waals surface area (Å²) in [6, 6.07) is 1.85. The number of piperidine rings is 1. The van der Waals surface area contributed by atoms with E-state index >= 15 is 0 Å². The van der Waals surface area contributed by atoms with Crippen molar-refractivity contribution in [2.75, 3.05) is 31.1 Å². The Bertz CT molecular complexity index is 670. The van der Waals surface area contributed by atoms with Gasteiger partial charge in [0.25, 0.3) is 5.91 Å². The van der Waals surface area contributed by atoms with Gasteiger partial charge in [0.05, 0.1) is 5.51 Å². The molecule has 0 radical (unpaired) electrons. The molecule has 0 spiro atoms. The fourth-order valence-corrected chi connectivity index (χ4v) is 4.39. The Hall–Kier alpha value is -2.02. The van der Waals surface area contributed by atoms with Gasteiger partial charge in [0.15, 0.2) is 0 Å². The summed E-state index contributed by atoms with van der Waals surface area (Å²) in [5, 5.41) is 1.84. The maximum Gasteiger partial charge on any atom is 0.273 e. The molecular weight excluding hydrogens is 322 g/mol. The molecule has 2 aliphatic rings. The van der Waals surface area contributed by atoms with E-state index in [0.29, 0.717) is 17.5 Å². The van der Waals surface area contributed by atoms with Crippen LogP contribution in [0.15, 0.2) is 29.4 Å². The van der Waals surface area contributed by atoms with E-state index in [1.54, 1.807) is 17.9 Å². The lowest BCUT2D eigenvalue weighted by Crippen LogP contribution is -2.38. The molecule has 2 saturated heterocycles. The number of aromatic nitrogens is 3. The average Bonchev–Trinajstić information content (AvgIpc) is 3.34. The number of rotatable bonds is 3. The molecule has 4 rings (SSSR count). The van der Waals surface area contributed by atoms with Crippen molar-refractivity contribution in [3.63, 3.8) is 0 Å². The fourth-order valence-electron chi connectivity index (χ4n) is 3.86. The second kappa shape index (κ2) is 6.84. The van der Waals surface area contributed by atoms with E-state index in [4.69, 9.17) is 0 Å². The highest BCUT2D eigenvalue weighted by Crippen LogP contribution is 2.33. The Kier molecular flexibility index (Phi) is 4.42. The highest BCUT2D eigenvalue weighted by atomic mass is 32.1. The molecule has 0 aliphatic carbocycles. The summed E-state index contributed by atoms with van der Waals surface area (Å²) in [4.78, 5) is 29.5. The van der Waals surface area contributed by atoms with Crippen molar-refractivity contribution in [1.29, 1.82) is 0 Å². The van der Waals surface area contributed by atoms with Crippen LogP contribution in [0.3, 0.4) is 0 Å². The first-order valence-corrected chi connectivity index (χ1v) is 9.45. The van der Waals surface area contributed by atoms with Crippen molar-refractivity contribution < 1.29 is 4.79 Å². The highest BCUT2D eigenvalue weighted by Gasteiger charge is 2.34. The van der Waals surface area contributed by atoms with Gasteiger partial charge in [-0.25, -0.2) is 15.0 Å². The molecule has 2 aromatic heterocycles. The van der Waals surface area contributed by atoms with Gasteiger partial charge in [0.1, 0.15) is 5.69 Å². The fraction of sp³-hybridized carbons (Fsp3) is 0.529. The van der Waals surface area contributed by atoms with Crippen molar-refractivity contribution in [3.8, 4) is 0 Å². The minimum Gasteiger partial charge on any atom is -0.341 e. The summed E-state index contributed by atoms with van der Waals surface area (Å²) >= 11 is 1.48. The lowest BCUT2D eigenvalue weighted by molar-refractivity contribution is 0.0775. The van der Waals surface area contributed by atoms with Crippen LogP contribution in [-0.4, -0.2) is 51.9 Å². The van der Waals surface area contributed by atoms with Crippen LogP contribution in [0.25, 0.3) is 0 Å². The van der Waals surface area contributed by atoms with Crippen LogP contribution < -0.4 is 4.90 Å². The Balaban J connectivity index is 1.31. The number of carbonyl (C=O) groups excluding carboxylic acids is 1. The van der Waals surface area contributed by atoms with E-state index < -0.39 is 0 Å². The van der Waals surface area contributed by atoms with Crippen LogP contribution in [0.1, 0.15) is 29.8 Å². The second-order valence-electron chi connectivity index (χ2n) is 6.55. The van der Waals surface area contributed by atoms with Crippen molar-refractivity contribution in [3.05, 3.63) is 35.0 Å². The molecule has 6 nitrogen and oxygen atoms in total. The van der Waals surface area contributed by atoms with Crippen LogP contribution in [0.4, 0.5) is 5.95 Å². The van der Waals surface area contributed by atoms with Gasteiger partial charge in [-0.3, -0.25) is 4.79 Å². The lowest BCUT2D eigenvalue weighted by Gasteiger charge is -2.34. The van der Waals surface area contributed by atoms with Crippen molar-refractivity contribution >= 4 is 23.2 Å². The Morgan fingerprint density at radius 1 is 1.04 bits per heavy atom. The molecule has 2 aliphatic heterocycles. The van der Waals surface area contributed by atoms with Gasteiger partial charge in [-0.1, -0.05) is 0 Å². The maximum absolute atomic E-state index is 12.4. The standard InChI is InChI=1S/C17H21N5OS/c23-16(15-11-24-12-20-15)22-9-4-14(10-22)13-2-7-21(8-3-13)17-18-5-1-6-19-17/h1,5-6,11-14H,2-4,7-10H2/t14-/m1/s1. The molecule has 1 atom stereocenters. The summed E-state index contributed by atoms with van der Waals surface area (Å²) in [7, 11) is 0. The molecule has 2 fully saturated rings. The largest absolute Gasteiger partial charge is 0.341 e. The molecule has 0 N–H and O–H groups in total. The lowest BCUT2D eigenvalue weighted by atomic mass is 9.84. The summed E-state index contributed by atoms with van der Waals surface area (Å²) in [5.41, 5.74) is 2.32. The normalized spacial score (nSPS) is 22.1. The van der Waals surface area contributed by atoms with E-state index in [0.717, 1.165) is 51.4 Å². The summed E-state index contributed by atoms with van der Waals surface area (Å²) in [5.74, 6) is 2.24. The van der Waals surface area contributed by atoms with E-state index in [-0.39, 0.29) is 5.91 Å². The van der Waals surface area contributed by atoms with Crippen molar-refractivity contribution in [2.24, 2.45) is 11.8 Å². The third-order valence-electron chi connectivity index (χ3n) is 5.20. The molecule has 0 unspecified atom stereocenters. The van der Waals surface area contributed by atoms with Crippen LogP contribution in [0, 0.1) is 11.8 Å². The number of hydrogen-bond donors (Lipinski definition) is 0. The molecule has 0 saturated carbocycles.